The summed E-state index contributed by atoms with van der Waals surface area (Å²) in [4.78, 5) is 15.7. The molecular formula is C57H47N3OSi. The molecule has 0 radical (unpaired) electrons. The van der Waals surface area contributed by atoms with Crippen molar-refractivity contribution in [1.29, 1.82) is 0 Å². The first kappa shape index (κ1) is 36.2. The SMILES string of the molecule is C[Si]1(C)c2cc(-c3nc(-c4cccc(-c5ccccc5)c4)nc(-c4cccc(-c5ccccc5)c4)n3)ccc2Oc2cc3c(cc21)-c1ccccc1C31C2CC3CC(C2)CC1C3. The fourth-order valence-electron chi connectivity index (χ4n) is 13.0. The molecule has 4 saturated carbocycles. The summed E-state index contributed by atoms with van der Waals surface area (Å²) < 4.78 is 7.09. The second-order valence-electron chi connectivity index (χ2n) is 19.3. The minimum absolute atomic E-state index is 0.114. The summed E-state index contributed by atoms with van der Waals surface area (Å²) in [6.45, 7) is 4.99. The summed E-state index contributed by atoms with van der Waals surface area (Å²) in [5.41, 5.74) is 13.6. The molecule has 0 amide bonds. The van der Waals surface area contributed by atoms with Gasteiger partial charge in [0, 0.05) is 22.1 Å². The van der Waals surface area contributed by atoms with Crippen LogP contribution in [-0.4, -0.2) is 23.0 Å². The van der Waals surface area contributed by atoms with Crippen LogP contribution in [0.15, 0.2) is 164 Å². The largest absolute Gasteiger partial charge is 0.458 e. The molecule has 300 valence electrons. The molecule has 0 saturated heterocycles. The van der Waals surface area contributed by atoms with E-state index in [-0.39, 0.29) is 5.41 Å². The molecule has 0 atom stereocenters. The lowest BCUT2D eigenvalue weighted by molar-refractivity contribution is -0.0399. The van der Waals surface area contributed by atoms with Gasteiger partial charge in [0.2, 0.25) is 0 Å². The monoisotopic (exact) mass is 817 g/mol. The number of benzene rings is 7. The Labute approximate surface area is 364 Å². The van der Waals surface area contributed by atoms with Crippen LogP contribution in [0.5, 0.6) is 11.5 Å². The zero-order chi connectivity index (χ0) is 41.2. The van der Waals surface area contributed by atoms with Gasteiger partial charge in [0.05, 0.1) is 0 Å². The maximum Gasteiger partial charge on any atom is 0.164 e. The average Bonchev–Trinajstić information content (AvgIpc) is 3.60. The third-order valence-electron chi connectivity index (χ3n) is 15.5. The van der Waals surface area contributed by atoms with Crippen LogP contribution in [0.1, 0.15) is 43.2 Å². The minimum Gasteiger partial charge on any atom is -0.458 e. The van der Waals surface area contributed by atoms with Gasteiger partial charge in [-0.3, -0.25) is 0 Å². The predicted molar refractivity (Wildman–Crippen MR) is 254 cm³/mol. The zero-order valence-electron chi connectivity index (χ0n) is 35.2. The summed E-state index contributed by atoms with van der Waals surface area (Å²) >= 11 is 0. The molecule has 8 aromatic rings. The van der Waals surface area contributed by atoms with Crippen molar-refractivity contribution < 1.29 is 4.74 Å². The number of rotatable bonds is 5. The van der Waals surface area contributed by atoms with Crippen LogP contribution in [-0.2, 0) is 5.41 Å². The van der Waals surface area contributed by atoms with E-state index in [1.807, 2.05) is 0 Å². The van der Waals surface area contributed by atoms with E-state index in [4.69, 9.17) is 19.7 Å². The highest BCUT2D eigenvalue weighted by Gasteiger charge is 2.62. The highest BCUT2D eigenvalue weighted by Crippen LogP contribution is 2.69. The summed E-state index contributed by atoms with van der Waals surface area (Å²) in [6, 6.07) is 59.3. The molecule has 4 nitrogen and oxygen atoms in total. The van der Waals surface area contributed by atoms with Crippen molar-refractivity contribution in [2.45, 2.75) is 50.6 Å². The Morgan fingerprint density at radius 3 is 1.52 bits per heavy atom. The van der Waals surface area contributed by atoms with Crippen molar-refractivity contribution in [1.82, 2.24) is 15.0 Å². The van der Waals surface area contributed by atoms with Crippen LogP contribution < -0.4 is 15.1 Å². The summed E-state index contributed by atoms with van der Waals surface area (Å²) in [7, 11) is -2.29. The van der Waals surface area contributed by atoms with Crippen LogP contribution in [0.25, 0.3) is 67.5 Å². The van der Waals surface area contributed by atoms with Crippen molar-refractivity contribution in [3.05, 3.63) is 175 Å². The number of hydrogen-bond donors (Lipinski definition) is 0. The Morgan fingerprint density at radius 1 is 0.419 bits per heavy atom. The van der Waals surface area contributed by atoms with Crippen molar-refractivity contribution in [2.75, 3.05) is 0 Å². The van der Waals surface area contributed by atoms with Gasteiger partial charge in [-0.2, -0.15) is 0 Å². The molecule has 5 heteroatoms. The van der Waals surface area contributed by atoms with Gasteiger partial charge in [-0.25, -0.2) is 15.0 Å². The molecular weight excluding hydrogens is 771 g/mol. The van der Waals surface area contributed by atoms with Gasteiger partial charge in [0.25, 0.3) is 0 Å². The molecule has 1 spiro atoms. The molecule has 0 N–H and O–H groups in total. The van der Waals surface area contributed by atoms with E-state index >= 15 is 0 Å². The lowest BCUT2D eigenvalue weighted by Crippen LogP contribution is -2.57. The highest BCUT2D eigenvalue weighted by molar-refractivity contribution is 7.01. The summed E-state index contributed by atoms with van der Waals surface area (Å²) in [5.74, 6) is 7.27. The number of fused-ring (bicyclic) bond motifs is 5. The van der Waals surface area contributed by atoms with Gasteiger partial charge in [-0.05, 0) is 147 Å². The Bertz CT molecular complexity index is 2970. The third kappa shape index (κ3) is 5.40. The number of hydrogen-bond acceptors (Lipinski definition) is 4. The molecule has 7 aromatic carbocycles. The first-order valence-electron chi connectivity index (χ1n) is 22.6. The Morgan fingerprint density at radius 2 is 0.919 bits per heavy atom. The van der Waals surface area contributed by atoms with Crippen molar-refractivity contribution in [2.24, 2.45) is 23.7 Å². The molecule has 6 aliphatic rings. The second kappa shape index (κ2) is 13.5. The van der Waals surface area contributed by atoms with Gasteiger partial charge in [0.15, 0.2) is 17.5 Å². The summed E-state index contributed by atoms with van der Waals surface area (Å²) in [6.07, 6.45) is 6.97. The predicted octanol–water partition coefficient (Wildman–Crippen LogP) is 12.9. The molecule has 0 unspecified atom stereocenters. The maximum atomic E-state index is 7.09. The molecule has 4 bridgehead atoms. The lowest BCUT2D eigenvalue weighted by Gasteiger charge is -2.61. The fraction of sp³-hybridized carbons (Fsp3) is 0.211. The van der Waals surface area contributed by atoms with Crippen LogP contribution >= 0.6 is 0 Å². The lowest BCUT2D eigenvalue weighted by atomic mass is 9.43. The number of nitrogens with zero attached hydrogens (tertiary/aromatic N) is 3. The van der Waals surface area contributed by atoms with E-state index < -0.39 is 8.07 Å². The van der Waals surface area contributed by atoms with Gasteiger partial charge in [0.1, 0.15) is 19.6 Å². The van der Waals surface area contributed by atoms with Crippen LogP contribution in [0.3, 0.4) is 0 Å². The normalized spacial score (nSPS) is 23.0. The van der Waals surface area contributed by atoms with Gasteiger partial charge in [-0.15, -0.1) is 0 Å². The minimum atomic E-state index is -2.29. The van der Waals surface area contributed by atoms with E-state index in [9.17, 15) is 0 Å². The highest BCUT2D eigenvalue weighted by atomic mass is 28.3. The van der Waals surface area contributed by atoms with E-state index in [0.717, 1.165) is 74.1 Å². The zero-order valence-corrected chi connectivity index (χ0v) is 36.2. The van der Waals surface area contributed by atoms with E-state index in [1.165, 1.54) is 53.6 Å². The summed E-state index contributed by atoms with van der Waals surface area (Å²) in [5, 5.41) is 2.66. The maximum absolute atomic E-state index is 7.09. The standard InChI is InChI=1S/C57H47N3OSi/c1-62(2)52-32-43(23-24-50(52)61-51-34-49-47(33-53(51)62)46-21-9-10-22-48(46)57(49)44-26-35-25-36(28-44)29-45(57)27-35)56-59-54(41-19-11-17-39(30-41)37-13-5-3-6-14-37)58-55(60-56)42-20-12-18-40(31-42)38-15-7-4-8-16-38/h3-24,30-36,44-45H,25-29H2,1-2H3. The smallest absolute Gasteiger partial charge is 0.164 e. The molecule has 1 aliphatic heterocycles. The fourth-order valence-corrected chi connectivity index (χ4v) is 15.8. The molecule has 62 heavy (non-hydrogen) atoms. The van der Waals surface area contributed by atoms with Gasteiger partial charge in [-0.1, -0.05) is 140 Å². The van der Waals surface area contributed by atoms with E-state index in [2.05, 4.69) is 177 Å². The molecule has 2 heterocycles. The number of aromatic nitrogens is 3. The molecule has 14 rings (SSSR count). The first-order valence-corrected chi connectivity index (χ1v) is 25.6. The van der Waals surface area contributed by atoms with Crippen molar-refractivity contribution in [3.63, 3.8) is 0 Å². The van der Waals surface area contributed by atoms with E-state index in [0.29, 0.717) is 17.5 Å². The molecule has 5 aliphatic carbocycles. The van der Waals surface area contributed by atoms with Crippen LogP contribution in [0, 0.1) is 23.7 Å². The topological polar surface area (TPSA) is 47.9 Å². The Balaban J connectivity index is 0.934. The van der Waals surface area contributed by atoms with Crippen LogP contribution in [0.4, 0.5) is 0 Å². The average molecular weight is 818 g/mol. The van der Waals surface area contributed by atoms with Crippen molar-refractivity contribution >= 4 is 18.4 Å². The number of ether oxygens (including phenoxy) is 1. The van der Waals surface area contributed by atoms with Gasteiger partial charge < -0.3 is 4.74 Å². The van der Waals surface area contributed by atoms with Crippen LogP contribution in [0.2, 0.25) is 13.1 Å². The third-order valence-corrected chi connectivity index (χ3v) is 19.0. The van der Waals surface area contributed by atoms with Crippen molar-refractivity contribution in [3.8, 4) is 79.0 Å². The van der Waals surface area contributed by atoms with E-state index in [1.54, 1.807) is 11.1 Å². The Kier molecular flexibility index (Phi) is 7.91. The quantitative estimate of drug-likeness (QED) is 0.162. The Hall–Kier alpha value is -6.43. The van der Waals surface area contributed by atoms with Gasteiger partial charge >= 0.3 is 0 Å². The molecule has 1 aromatic heterocycles. The molecule has 4 fully saturated rings. The second-order valence-corrected chi connectivity index (χ2v) is 23.6. The first-order chi connectivity index (χ1) is 30.4.